The van der Waals surface area contributed by atoms with Crippen LogP contribution in [0.15, 0.2) is 0 Å². The van der Waals surface area contributed by atoms with Crippen LogP contribution in [0.5, 0.6) is 0 Å². The molecule has 1 atom stereocenters. The third-order valence-electron chi connectivity index (χ3n) is 2.78. The molecule has 0 aliphatic rings. The summed E-state index contributed by atoms with van der Waals surface area (Å²) >= 11 is 20.5. The molecule has 0 rings (SSSR count). The fourth-order valence-corrected chi connectivity index (χ4v) is 11.1. The predicted octanol–water partition coefficient (Wildman–Crippen LogP) is 4.77. The van der Waals surface area contributed by atoms with Crippen molar-refractivity contribution in [1.82, 2.24) is 0 Å². The summed E-state index contributed by atoms with van der Waals surface area (Å²) in [4.78, 5) is -0.419. The van der Waals surface area contributed by atoms with Crippen molar-refractivity contribution in [3.05, 3.63) is 0 Å². The Kier molecular flexibility index (Phi) is 8.32. The fraction of sp³-hybridized carbons (Fsp3) is 1.00. The monoisotopic (exact) mass is 424 g/mol. The molecule has 0 aliphatic carbocycles. The van der Waals surface area contributed by atoms with Crippen molar-refractivity contribution in [1.29, 1.82) is 0 Å². The molecule has 0 aromatic rings. The van der Waals surface area contributed by atoms with E-state index in [9.17, 15) is 0 Å². The Labute approximate surface area is 124 Å². The van der Waals surface area contributed by atoms with Crippen molar-refractivity contribution in [2.75, 3.05) is 43.2 Å². The first kappa shape index (κ1) is 17.5. The van der Waals surface area contributed by atoms with Gasteiger partial charge in [-0.05, 0) is 0 Å². The van der Waals surface area contributed by atoms with Gasteiger partial charge in [0.1, 0.15) is 0 Å². The van der Waals surface area contributed by atoms with E-state index in [2.05, 4.69) is 49.3 Å². The van der Waals surface area contributed by atoms with Gasteiger partial charge in [-0.1, -0.05) is 0 Å². The van der Waals surface area contributed by atoms with Crippen LogP contribution in [0.3, 0.4) is 0 Å². The van der Waals surface area contributed by atoms with Gasteiger partial charge in [0, 0.05) is 0 Å². The first-order chi connectivity index (χ1) is 6.62. The quantitative estimate of drug-likeness (QED) is 0.327. The Morgan fingerprint density at radius 1 is 1.00 bits per heavy atom. The molecule has 0 radical (unpaired) electrons. The Bertz CT molecular complexity index is 198. The molecular formula is C9H22Cl3IP2. The van der Waals surface area contributed by atoms with Crippen molar-refractivity contribution in [3.63, 3.8) is 0 Å². The summed E-state index contributed by atoms with van der Waals surface area (Å²) in [6, 6.07) is 0. The van der Waals surface area contributed by atoms with E-state index in [1.165, 1.54) is 16.5 Å². The van der Waals surface area contributed by atoms with Gasteiger partial charge in [0.25, 0.3) is 0 Å². The normalized spacial score (nSPS) is 17.9. The van der Waals surface area contributed by atoms with Gasteiger partial charge in [-0.3, -0.25) is 0 Å². The predicted molar refractivity (Wildman–Crippen MR) is 94.1 cm³/mol. The molecule has 0 bridgehead atoms. The van der Waals surface area contributed by atoms with Crippen molar-refractivity contribution >= 4 is 71.9 Å². The molecule has 0 fully saturated rings. The number of halogens is 4. The molecule has 6 heteroatoms. The number of alkyl halides is 4. The van der Waals surface area contributed by atoms with E-state index >= 15 is 0 Å². The number of hydrogen-bond donors (Lipinski definition) is 0. The topological polar surface area (TPSA) is 0 Å². The molecule has 15 heavy (non-hydrogen) atoms. The van der Waals surface area contributed by atoms with Gasteiger partial charge in [-0.2, -0.15) is 0 Å². The Morgan fingerprint density at radius 3 is 1.80 bits per heavy atom. The van der Waals surface area contributed by atoms with Crippen LogP contribution in [0, 0.1) is 0 Å². The summed E-state index contributed by atoms with van der Waals surface area (Å²) < 4.78 is 1.31. The molecule has 0 nitrogen and oxygen atoms in total. The molecule has 0 unspecified atom stereocenters. The SMILES string of the molecule is C[PH](C)(CI)CC[PH](C)(C)[C@H](Cl)C(Cl)Cl. The molecule has 0 amide bonds. The zero-order chi connectivity index (χ0) is 12.3. The van der Waals surface area contributed by atoms with E-state index in [0.29, 0.717) is 0 Å². The third-order valence-corrected chi connectivity index (χ3v) is 18.4. The molecule has 0 saturated heterocycles. The van der Waals surface area contributed by atoms with Gasteiger partial charge >= 0.3 is 125 Å². The summed E-state index contributed by atoms with van der Waals surface area (Å²) in [6.07, 6.45) is 2.60. The maximum atomic E-state index is 6.29. The summed E-state index contributed by atoms with van der Waals surface area (Å²) in [5.41, 5.74) is 0. The fourth-order valence-electron chi connectivity index (χ4n) is 1.21. The summed E-state index contributed by atoms with van der Waals surface area (Å²) in [5, 5.41) is -0.0279. The van der Waals surface area contributed by atoms with Crippen LogP contribution in [0.25, 0.3) is 0 Å². The van der Waals surface area contributed by atoms with E-state index in [4.69, 9.17) is 34.8 Å². The molecule has 0 aromatic heterocycles. The molecular weight excluding hydrogens is 403 g/mol. The molecule has 0 N–H and O–H groups in total. The molecule has 0 spiro atoms. The van der Waals surface area contributed by atoms with Crippen LogP contribution in [0.4, 0.5) is 0 Å². The molecule has 0 aliphatic heterocycles. The molecule has 0 heterocycles. The van der Waals surface area contributed by atoms with E-state index in [0.717, 1.165) is 0 Å². The standard InChI is InChI=1S/C9H22Cl3IP2/c1-14(2,7-13)5-6-15(3,4)9(12)8(10)11/h8-9,14-15H,5-7H2,1-4H3/t9-/m0/s1. The first-order valence-electron chi connectivity index (χ1n) is 5.10. The van der Waals surface area contributed by atoms with Crippen LogP contribution >= 0.6 is 71.9 Å². The Balaban J connectivity index is 4.27. The van der Waals surface area contributed by atoms with Crippen molar-refractivity contribution in [2.45, 2.75) is 9.95 Å². The summed E-state index contributed by atoms with van der Waals surface area (Å²) in [6.45, 7) is 9.46. The second kappa shape index (κ2) is 7.15. The van der Waals surface area contributed by atoms with Gasteiger partial charge in [-0.15, -0.1) is 0 Å². The molecule has 96 valence electrons. The van der Waals surface area contributed by atoms with E-state index in [1.54, 1.807) is 0 Å². The number of hydrogen-bond acceptors (Lipinski definition) is 0. The zero-order valence-corrected chi connectivity index (χ0v) is 16.2. The second-order valence-corrected chi connectivity index (χ2v) is 20.0. The van der Waals surface area contributed by atoms with Crippen LogP contribution in [-0.4, -0.2) is 53.1 Å². The van der Waals surface area contributed by atoms with Crippen LogP contribution in [0.2, 0.25) is 0 Å². The van der Waals surface area contributed by atoms with Gasteiger partial charge in [0.05, 0.1) is 0 Å². The minimum absolute atomic E-state index is 0.0279. The average molecular weight is 425 g/mol. The minimum atomic E-state index is -1.46. The third kappa shape index (κ3) is 6.82. The van der Waals surface area contributed by atoms with E-state index in [1.807, 2.05) is 0 Å². The van der Waals surface area contributed by atoms with Gasteiger partial charge in [0.15, 0.2) is 0 Å². The average Bonchev–Trinajstić information content (AvgIpc) is 2.14. The van der Waals surface area contributed by atoms with Crippen molar-refractivity contribution in [3.8, 4) is 0 Å². The van der Waals surface area contributed by atoms with E-state index in [-0.39, 0.29) is 5.12 Å². The maximum absolute atomic E-state index is 6.29. The molecule has 0 aromatic carbocycles. The number of rotatable bonds is 6. The van der Waals surface area contributed by atoms with Crippen molar-refractivity contribution in [2.24, 2.45) is 0 Å². The van der Waals surface area contributed by atoms with Gasteiger partial charge < -0.3 is 0 Å². The summed E-state index contributed by atoms with van der Waals surface area (Å²) in [7, 11) is -2.45. The van der Waals surface area contributed by atoms with Crippen LogP contribution < -0.4 is 0 Å². The molecule has 0 saturated carbocycles. The second-order valence-electron chi connectivity index (χ2n) is 5.52. The van der Waals surface area contributed by atoms with Crippen LogP contribution in [0.1, 0.15) is 0 Å². The van der Waals surface area contributed by atoms with E-state index < -0.39 is 19.4 Å². The first-order valence-corrected chi connectivity index (χ1v) is 14.6. The van der Waals surface area contributed by atoms with Gasteiger partial charge in [0.2, 0.25) is 0 Å². The zero-order valence-electron chi connectivity index (χ0n) is 9.79. The van der Waals surface area contributed by atoms with Crippen molar-refractivity contribution < 1.29 is 0 Å². The van der Waals surface area contributed by atoms with Crippen LogP contribution in [-0.2, 0) is 0 Å². The summed E-state index contributed by atoms with van der Waals surface area (Å²) in [5.74, 6) is 0. The Morgan fingerprint density at radius 2 is 1.47 bits per heavy atom. The Hall–Kier alpha value is 2.46. The van der Waals surface area contributed by atoms with Gasteiger partial charge in [-0.25, -0.2) is 0 Å².